The molecule has 0 nitrogen and oxygen atoms in total. The average Bonchev–Trinajstić information content (AvgIpc) is 3.21. The minimum absolute atomic E-state index is 1.40. The Labute approximate surface area is 382 Å². The summed E-state index contributed by atoms with van der Waals surface area (Å²) in [6.45, 7) is 0. The Kier molecular flexibility index (Phi) is 11.5. The molecule has 0 aliphatic rings. The van der Waals surface area contributed by atoms with Crippen LogP contribution < -0.4 is 131 Å². The largest absolute Gasteiger partial charge is 0.140 e. The fraction of sp³-hybridized carbons (Fsp3) is 0. The standard InChI is InChI=1S/C36H48B24/c37-13-7(19(43)20(44)11-9(13)23(47)32(56)33(57)24(11)48)1-3-5(17(41)30(54)28(52)15(3)39)2(6-4(1)16(40)29(53)31(55)18(6)42)8-14(38)10(22(46)27(51)21(8)45)12-25(49)34(58)36(60)35(59)26(12)50/h37-60H2. The van der Waals surface area contributed by atoms with E-state index in [2.05, 4.69) is 188 Å². The molecule has 0 aliphatic heterocycles. The van der Waals surface area contributed by atoms with Crippen molar-refractivity contribution in [2.75, 3.05) is 0 Å². The molecule has 0 amide bonds. The minimum Gasteiger partial charge on any atom is -0.102 e. The molecule has 7 rings (SSSR count). The van der Waals surface area contributed by atoms with Gasteiger partial charge in [-0.15, -0.1) is 54.6 Å². The first-order chi connectivity index (χ1) is 27.9. The normalized spacial score (nSPS) is 11.6. The van der Waals surface area contributed by atoms with Gasteiger partial charge < -0.3 is 0 Å². The molecule has 0 aromatic heterocycles. The fourth-order valence-corrected chi connectivity index (χ4v) is 12.0. The summed E-state index contributed by atoms with van der Waals surface area (Å²) < 4.78 is 0. The second-order valence-electron chi connectivity index (χ2n) is 19.5. The lowest BCUT2D eigenvalue weighted by atomic mass is 9.54. The van der Waals surface area contributed by atoms with Gasteiger partial charge >= 0.3 is 0 Å². The van der Waals surface area contributed by atoms with Crippen LogP contribution in [0.15, 0.2) is 0 Å². The molecule has 0 saturated carbocycles. The van der Waals surface area contributed by atoms with Gasteiger partial charge in [0.25, 0.3) is 0 Å². The third-order valence-corrected chi connectivity index (χ3v) is 17.5. The zero-order chi connectivity index (χ0) is 44.8. The van der Waals surface area contributed by atoms with Crippen LogP contribution in [-0.2, 0) is 0 Å². The molecule has 0 radical (unpaired) electrons. The fourth-order valence-electron chi connectivity index (χ4n) is 12.0. The van der Waals surface area contributed by atoms with Crippen molar-refractivity contribution in [3.63, 3.8) is 0 Å². The molecular weight excluding hydrogens is 692 g/mol. The highest BCUT2D eigenvalue weighted by Gasteiger charge is 2.30. The molecule has 24 heteroatoms. The molecular formula is C36H48B24. The summed E-state index contributed by atoms with van der Waals surface area (Å²) in [6.07, 6.45) is 0. The van der Waals surface area contributed by atoms with Gasteiger partial charge in [-0.1, -0.05) is 76.5 Å². The van der Waals surface area contributed by atoms with Crippen molar-refractivity contribution >= 4 is 352 Å². The predicted molar refractivity (Wildman–Crippen MR) is 352 cm³/mol. The van der Waals surface area contributed by atoms with E-state index in [1.807, 2.05) is 0 Å². The van der Waals surface area contributed by atoms with E-state index in [1.165, 1.54) is 197 Å². The molecule has 0 unspecified atom stereocenters. The first-order valence-electron chi connectivity index (χ1n) is 22.5. The van der Waals surface area contributed by atoms with Gasteiger partial charge in [-0.2, -0.15) is 0 Å². The van der Waals surface area contributed by atoms with Crippen molar-refractivity contribution in [2.24, 2.45) is 0 Å². The molecule has 7 aromatic rings. The lowest BCUT2D eigenvalue weighted by molar-refractivity contribution is 1.82. The van der Waals surface area contributed by atoms with E-state index < -0.39 is 0 Å². The molecule has 60 heavy (non-hydrogen) atoms. The maximum atomic E-state index is 2.45. The van der Waals surface area contributed by atoms with E-state index in [0.717, 1.165) is 0 Å². The molecule has 0 fully saturated rings. The van der Waals surface area contributed by atoms with Crippen LogP contribution in [0.25, 0.3) is 65.7 Å². The molecule has 0 bridgehead atoms. The van der Waals surface area contributed by atoms with E-state index in [9.17, 15) is 0 Å². The maximum Gasteiger partial charge on any atom is 0.140 e. The number of benzene rings is 7. The molecule has 0 aliphatic carbocycles. The number of hydrogen-bond acceptors (Lipinski definition) is 0. The summed E-state index contributed by atoms with van der Waals surface area (Å²) in [7, 11) is 57.0. The van der Waals surface area contributed by atoms with Crippen molar-refractivity contribution in [1.29, 1.82) is 0 Å². The summed E-state index contributed by atoms with van der Waals surface area (Å²) >= 11 is 0. The molecule has 0 spiro atoms. The summed E-state index contributed by atoms with van der Waals surface area (Å²) in [5, 5.41) is 8.60. The minimum atomic E-state index is 1.40. The van der Waals surface area contributed by atoms with E-state index in [4.69, 9.17) is 0 Å². The van der Waals surface area contributed by atoms with Crippen molar-refractivity contribution < 1.29 is 0 Å². The Hall–Kier alpha value is -3.12. The Bertz CT molecular complexity index is 3080. The van der Waals surface area contributed by atoms with Crippen molar-refractivity contribution in [1.82, 2.24) is 0 Å². The summed E-state index contributed by atoms with van der Waals surface area (Å²) in [6, 6.07) is 0. The van der Waals surface area contributed by atoms with Gasteiger partial charge in [-0.3, -0.25) is 0 Å². The van der Waals surface area contributed by atoms with Crippen molar-refractivity contribution in [3.8, 4) is 33.4 Å². The molecule has 0 N–H and O–H groups in total. The van der Waals surface area contributed by atoms with Crippen LogP contribution in [0.4, 0.5) is 0 Å². The zero-order valence-electron chi connectivity index (χ0n) is 42.0. The lowest BCUT2D eigenvalue weighted by Crippen LogP contribution is -2.57. The smallest absolute Gasteiger partial charge is 0.102 e. The van der Waals surface area contributed by atoms with Crippen LogP contribution in [0.3, 0.4) is 0 Å². The van der Waals surface area contributed by atoms with Gasteiger partial charge in [0.1, 0.15) is 188 Å². The zero-order valence-corrected chi connectivity index (χ0v) is 42.0. The van der Waals surface area contributed by atoms with Gasteiger partial charge in [0.05, 0.1) is 0 Å². The van der Waals surface area contributed by atoms with E-state index >= 15 is 0 Å². The average molecular weight is 740 g/mol. The van der Waals surface area contributed by atoms with E-state index in [-0.39, 0.29) is 0 Å². The third kappa shape index (κ3) is 5.86. The quantitative estimate of drug-likeness (QED) is 0.125. The third-order valence-electron chi connectivity index (χ3n) is 17.5. The Morgan fingerprint density at radius 2 is 0.250 bits per heavy atom. The van der Waals surface area contributed by atoms with Crippen LogP contribution >= 0.6 is 0 Å². The molecule has 264 valence electrons. The molecule has 0 atom stereocenters. The van der Waals surface area contributed by atoms with Crippen LogP contribution in [-0.4, -0.2) is 188 Å². The van der Waals surface area contributed by atoms with E-state index in [0.29, 0.717) is 0 Å². The summed E-state index contributed by atoms with van der Waals surface area (Å²) in [5.74, 6) is 0. The van der Waals surface area contributed by atoms with Crippen LogP contribution in [0, 0.1) is 0 Å². The van der Waals surface area contributed by atoms with Crippen LogP contribution in [0.1, 0.15) is 0 Å². The highest BCUT2D eigenvalue weighted by atomic mass is 14.3. The summed E-state index contributed by atoms with van der Waals surface area (Å²) in [5.41, 5.74) is 42.4. The first-order valence-corrected chi connectivity index (χ1v) is 22.5. The molecule has 7 aromatic carbocycles. The van der Waals surface area contributed by atoms with Crippen molar-refractivity contribution in [2.45, 2.75) is 0 Å². The lowest BCUT2D eigenvalue weighted by Gasteiger charge is -2.33. The van der Waals surface area contributed by atoms with Gasteiger partial charge in [0.15, 0.2) is 0 Å². The van der Waals surface area contributed by atoms with Crippen LogP contribution in [0.2, 0.25) is 0 Å². The van der Waals surface area contributed by atoms with Gasteiger partial charge in [-0.05, 0) is 65.7 Å². The van der Waals surface area contributed by atoms with Crippen LogP contribution in [0.5, 0.6) is 0 Å². The highest BCUT2D eigenvalue weighted by Crippen LogP contribution is 2.39. The Balaban J connectivity index is 1.89. The Morgan fingerprint density at radius 3 is 0.567 bits per heavy atom. The van der Waals surface area contributed by atoms with Gasteiger partial charge in [-0.25, -0.2) is 0 Å². The first kappa shape index (κ1) is 44.9. The van der Waals surface area contributed by atoms with E-state index in [1.54, 1.807) is 0 Å². The summed E-state index contributed by atoms with van der Waals surface area (Å²) in [4.78, 5) is 0. The topological polar surface area (TPSA) is 0 Å². The predicted octanol–water partition coefficient (Wildman–Crippen LogP) is -31.7. The number of rotatable bonds is 3. The monoisotopic (exact) mass is 745 g/mol. The second-order valence-corrected chi connectivity index (χ2v) is 19.5. The van der Waals surface area contributed by atoms with Gasteiger partial charge in [0, 0.05) is 0 Å². The maximum absolute atomic E-state index is 2.45. The molecule has 0 heterocycles. The van der Waals surface area contributed by atoms with Crippen molar-refractivity contribution in [3.05, 3.63) is 0 Å². The molecule has 0 saturated heterocycles. The SMILES string of the molecule is Bc1c(B)c(B)c(-c2c(B)c(B)c(B)c(-c3c4c(B)c(B)c(B)c(B)c4c(-c4c(B)c(B)c5c(B)c(B)c(B)c(B)c5c4B)c4c(B)c(B)c(B)c(B)c34)c2B)c(B)c1B. The Morgan fingerprint density at radius 1 is 0.100 bits per heavy atom. The highest BCUT2D eigenvalue weighted by molar-refractivity contribution is 6.77. The second kappa shape index (κ2) is 15.3. The van der Waals surface area contributed by atoms with Gasteiger partial charge in [0.2, 0.25) is 0 Å². The number of fused-ring (bicyclic) bond motifs is 3. The number of hydrogen-bond donors (Lipinski definition) is 0.